The second-order valence-corrected chi connectivity index (χ2v) is 8.82. The third-order valence-electron chi connectivity index (χ3n) is 1.56. The van der Waals surface area contributed by atoms with Crippen molar-refractivity contribution in [2.45, 2.75) is 26.1 Å². The number of carbonyl (C=O) groups excluding carboxylic acids is 1. The van der Waals surface area contributed by atoms with Crippen molar-refractivity contribution < 1.29 is 9.53 Å². The van der Waals surface area contributed by atoms with Crippen LogP contribution in [0.1, 0.15) is 6.42 Å². The van der Waals surface area contributed by atoms with Gasteiger partial charge in [-0.3, -0.25) is 0 Å². The number of rotatable bonds is 0. The van der Waals surface area contributed by atoms with Crippen LogP contribution in [0.2, 0.25) is 19.6 Å². The van der Waals surface area contributed by atoms with E-state index in [1.165, 1.54) is 0 Å². The maximum atomic E-state index is 11.0. The maximum Gasteiger partial charge on any atom is 0.334 e. The predicted octanol–water partition coefficient (Wildman–Crippen LogP) is 1.74. The summed E-state index contributed by atoms with van der Waals surface area (Å²) in [5.74, 6) is 2.74. The molecule has 1 aliphatic heterocycles. The summed E-state index contributed by atoms with van der Waals surface area (Å²) in [5.41, 5.74) is 3.89. The van der Waals surface area contributed by atoms with Crippen LogP contribution in [-0.4, -0.2) is 20.7 Å². The lowest BCUT2D eigenvalue weighted by molar-refractivity contribution is -0.135. The monoisotopic (exact) mass is 194 g/mol. The molecule has 0 N–H and O–H groups in total. The van der Waals surface area contributed by atoms with Crippen LogP contribution < -0.4 is 0 Å². The lowest BCUT2D eigenvalue weighted by atomic mass is 10.2. The number of allylic oxidation sites excluding steroid dienone is 1. The lowest BCUT2D eigenvalue weighted by Gasteiger charge is -2.02. The van der Waals surface area contributed by atoms with Gasteiger partial charge in [0.1, 0.15) is 8.07 Å². The van der Waals surface area contributed by atoms with Crippen molar-refractivity contribution in [3.63, 3.8) is 0 Å². The summed E-state index contributed by atoms with van der Waals surface area (Å²) >= 11 is 0. The fraction of sp³-hybridized carbons (Fsp3) is 0.500. The average molecular weight is 194 g/mol. The Hall–Kier alpha value is -1.01. The Morgan fingerprint density at radius 1 is 1.46 bits per heavy atom. The van der Waals surface area contributed by atoms with E-state index in [0.29, 0.717) is 18.6 Å². The number of carbonyl (C=O) groups is 1. The van der Waals surface area contributed by atoms with Crippen molar-refractivity contribution in [2.24, 2.45) is 0 Å². The van der Waals surface area contributed by atoms with Crippen LogP contribution >= 0.6 is 0 Å². The second kappa shape index (κ2) is 3.80. The van der Waals surface area contributed by atoms with Gasteiger partial charge in [0.25, 0.3) is 0 Å². The van der Waals surface area contributed by atoms with E-state index in [0.717, 1.165) is 0 Å². The number of cyclic esters (lactones) is 1. The molecule has 3 heteroatoms. The molecule has 0 spiro atoms. The quantitative estimate of drug-likeness (QED) is 0.254. The van der Waals surface area contributed by atoms with Crippen LogP contribution in [0.5, 0.6) is 0 Å². The zero-order valence-electron chi connectivity index (χ0n) is 8.31. The third kappa shape index (κ3) is 3.47. The van der Waals surface area contributed by atoms with E-state index in [2.05, 4.69) is 31.1 Å². The SMILES string of the molecule is C[Si](C)(C)C#C/C=C1/CCOC1=O. The Balaban J connectivity index is 2.66. The summed E-state index contributed by atoms with van der Waals surface area (Å²) in [6.07, 6.45) is 2.41. The summed E-state index contributed by atoms with van der Waals surface area (Å²) in [7, 11) is -1.31. The molecule has 0 aromatic carbocycles. The number of hydrogen-bond donors (Lipinski definition) is 0. The normalized spacial score (nSPS) is 19.6. The largest absolute Gasteiger partial charge is 0.462 e. The Morgan fingerprint density at radius 2 is 2.15 bits per heavy atom. The molecule has 70 valence electrons. The molecular formula is C10H14O2Si. The molecule has 0 radical (unpaired) electrons. The van der Waals surface area contributed by atoms with E-state index in [4.69, 9.17) is 4.74 Å². The number of esters is 1. The molecule has 13 heavy (non-hydrogen) atoms. The average Bonchev–Trinajstić information content (AvgIpc) is 2.34. The fourth-order valence-corrected chi connectivity index (χ4v) is 1.42. The molecule has 0 amide bonds. The minimum absolute atomic E-state index is 0.204. The second-order valence-electron chi connectivity index (χ2n) is 4.07. The maximum absolute atomic E-state index is 11.0. The molecule has 0 aromatic heterocycles. The molecular weight excluding hydrogens is 180 g/mol. The van der Waals surface area contributed by atoms with Gasteiger partial charge in [-0.05, 0) is 6.08 Å². The summed E-state index contributed by atoms with van der Waals surface area (Å²) in [4.78, 5) is 11.0. The van der Waals surface area contributed by atoms with Gasteiger partial charge in [0.15, 0.2) is 0 Å². The third-order valence-corrected chi connectivity index (χ3v) is 2.45. The van der Waals surface area contributed by atoms with Crippen LogP contribution in [0.15, 0.2) is 11.6 Å². The van der Waals surface area contributed by atoms with E-state index in [-0.39, 0.29) is 5.97 Å². The van der Waals surface area contributed by atoms with E-state index in [9.17, 15) is 4.79 Å². The van der Waals surface area contributed by atoms with Crippen molar-refractivity contribution in [1.29, 1.82) is 0 Å². The van der Waals surface area contributed by atoms with Crippen molar-refractivity contribution in [2.75, 3.05) is 6.61 Å². The lowest BCUT2D eigenvalue weighted by Crippen LogP contribution is -2.16. The van der Waals surface area contributed by atoms with Gasteiger partial charge in [-0.1, -0.05) is 25.6 Å². The highest BCUT2D eigenvalue weighted by molar-refractivity contribution is 6.83. The highest BCUT2D eigenvalue weighted by atomic mass is 28.3. The van der Waals surface area contributed by atoms with Crippen LogP contribution in [0.3, 0.4) is 0 Å². The van der Waals surface area contributed by atoms with Gasteiger partial charge in [0, 0.05) is 12.0 Å². The van der Waals surface area contributed by atoms with Gasteiger partial charge < -0.3 is 4.74 Å². The van der Waals surface area contributed by atoms with Crippen molar-refractivity contribution in [3.05, 3.63) is 11.6 Å². The van der Waals surface area contributed by atoms with Gasteiger partial charge in [-0.15, -0.1) is 5.54 Å². The Bertz CT molecular complexity index is 299. The molecule has 1 fully saturated rings. The van der Waals surface area contributed by atoms with Crippen LogP contribution in [0, 0.1) is 11.5 Å². The first-order chi connectivity index (χ1) is 5.99. The van der Waals surface area contributed by atoms with Gasteiger partial charge in [-0.2, -0.15) is 0 Å². The molecule has 0 bridgehead atoms. The van der Waals surface area contributed by atoms with Crippen molar-refractivity contribution >= 4 is 14.0 Å². The highest BCUT2D eigenvalue weighted by Crippen LogP contribution is 2.11. The number of ether oxygens (including phenoxy) is 1. The van der Waals surface area contributed by atoms with Gasteiger partial charge in [0.05, 0.1) is 6.61 Å². The summed E-state index contributed by atoms with van der Waals surface area (Å²) in [6.45, 7) is 7.03. The molecule has 1 saturated heterocycles. The molecule has 0 saturated carbocycles. The Labute approximate surface area is 80.0 Å². The minimum atomic E-state index is -1.31. The molecule has 0 atom stereocenters. The predicted molar refractivity (Wildman–Crippen MR) is 54.8 cm³/mol. The van der Waals surface area contributed by atoms with E-state index >= 15 is 0 Å². The van der Waals surface area contributed by atoms with Crippen LogP contribution in [0.25, 0.3) is 0 Å². The summed E-state index contributed by atoms with van der Waals surface area (Å²) in [5, 5.41) is 0. The van der Waals surface area contributed by atoms with Crippen molar-refractivity contribution in [1.82, 2.24) is 0 Å². The van der Waals surface area contributed by atoms with Gasteiger partial charge in [-0.25, -0.2) is 4.79 Å². The molecule has 1 heterocycles. The molecule has 1 rings (SSSR count). The van der Waals surface area contributed by atoms with E-state index < -0.39 is 8.07 Å². The minimum Gasteiger partial charge on any atom is -0.462 e. The first kappa shape index (κ1) is 10.1. The molecule has 0 aliphatic carbocycles. The molecule has 1 aliphatic rings. The van der Waals surface area contributed by atoms with E-state index in [1.807, 2.05) is 0 Å². The summed E-state index contributed by atoms with van der Waals surface area (Å²) < 4.78 is 4.78. The topological polar surface area (TPSA) is 26.3 Å². The zero-order valence-corrected chi connectivity index (χ0v) is 9.31. The van der Waals surface area contributed by atoms with Crippen LogP contribution in [0.4, 0.5) is 0 Å². The molecule has 2 nitrogen and oxygen atoms in total. The smallest absolute Gasteiger partial charge is 0.334 e. The first-order valence-corrected chi connectivity index (χ1v) is 7.88. The number of hydrogen-bond acceptors (Lipinski definition) is 2. The highest BCUT2D eigenvalue weighted by Gasteiger charge is 2.17. The fourth-order valence-electron chi connectivity index (χ4n) is 0.919. The standard InChI is InChI=1S/C10H14O2Si/c1-13(2,3)8-4-5-9-6-7-12-10(9)11/h5H,6-7H2,1-3H3/b9-5-. The molecule has 0 aromatic rings. The van der Waals surface area contributed by atoms with Crippen molar-refractivity contribution in [3.8, 4) is 11.5 Å². The zero-order chi connectivity index (χ0) is 9.90. The van der Waals surface area contributed by atoms with Gasteiger partial charge >= 0.3 is 5.97 Å². The Kier molecular flexibility index (Phi) is 2.94. The molecule has 0 unspecified atom stereocenters. The van der Waals surface area contributed by atoms with Gasteiger partial charge in [0.2, 0.25) is 0 Å². The Morgan fingerprint density at radius 3 is 2.62 bits per heavy atom. The first-order valence-electron chi connectivity index (χ1n) is 4.38. The van der Waals surface area contributed by atoms with E-state index in [1.54, 1.807) is 6.08 Å². The summed E-state index contributed by atoms with van der Waals surface area (Å²) in [6, 6.07) is 0. The van der Waals surface area contributed by atoms with Crippen LogP contribution in [-0.2, 0) is 9.53 Å².